The Balaban J connectivity index is 2.03. The summed E-state index contributed by atoms with van der Waals surface area (Å²) in [4.78, 5) is 12.1. The Hall–Kier alpha value is -1.84. The summed E-state index contributed by atoms with van der Waals surface area (Å²) in [5.41, 5.74) is 8.52. The summed E-state index contributed by atoms with van der Waals surface area (Å²) in [5.74, 6) is -0.209. The Labute approximate surface area is 123 Å². The molecule has 1 atom stereocenters. The van der Waals surface area contributed by atoms with Gasteiger partial charge in [0.1, 0.15) is 0 Å². The highest BCUT2D eigenvalue weighted by Crippen LogP contribution is 2.23. The van der Waals surface area contributed by atoms with E-state index in [-0.39, 0.29) is 5.91 Å². The SMILES string of the molecule is Cc1c(Cl)cccc1NC(=O)[C@@H](N)Cc1ccccc1. The molecule has 0 saturated heterocycles. The molecule has 20 heavy (non-hydrogen) atoms. The van der Waals surface area contributed by atoms with Crippen LogP contribution in [0, 0.1) is 6.92 Å². The maximum Gasteiger partial charge on any atom is 0.241 e. The number of carbonyl (C=O) groups is 1. The summed E-state index contributed by atoms with van der Waals surface area (Å²) >= 11 is 6.02. The number of anilines is 1. The fraction of sp³-hybridized carbons (Fsp3) is 0.188. The van der Waals surface area contributed by atoms with Crippen LogP contribution < -0.4 is 11.1 Å². The van der Waals surface area contributed by atoms with Gasteiger partial charge in [-0.2, -0.15) is 0 Å². The first kappa shape index (κ1) is 14.6. The Morgan fingerprint density at radius 3 is 2.60 bits per heavy atom. The first-order valence-corrected chi connectivity index (χ1v) is 6.81. The highest BCUT2D eigenvalue weighted by molar-refractivity contribution is 6.31. The van der Waals surface area contributed by atoms with Crippen LogP contribution in [0.5, 0.6) is 0 Å². The lowest BCUT2D eigenvalue weighted by Gasteiger charge is -2.14. The summed E-state index contributed by atoms with van der Waals surface area (Å²) in [6, 6.07) is 14.5. The Bertz CT molecular complexity index is 599. The van der Waals surface area contributed by atoms with Crippen molar-refractivity contribution in [1.82, 2.24) is 0 Å². The highest BCUT2D eigenvalue weighted by atomic mass is 35.5. The third kappa shape index (κ3) is 3.59. The predicted molar refractivity (Wildman–Crippen MR) is 82.9 cm³/mol. The smallest absolute Gasteiger partial charge is 0.241 e. The molecule has 104 valence electrons. The van der Waals surface area contributed by atoms with Gasteiger partial charge in [-0.05, 0) is 36.6 Å². The molecule has 0 aliphatic rings. The number of benzene rings is 2. The molecule has 0 unspecified atom stereocenters. The highest BCUT2D eigenvalue weighted by Gasteiger charge is 2.15. The molecule has 1 amide bonds. The van der Waals surface area contributed by atoms with E-state index in [9.17, 15) is 4.79 Å². The van der Waals surface area contributed by atoms with Gasteiger partial charge in [0, 0.05) is 10.7 Å². The molecule has 0 fully saturated rings. The molecule has 0 radical (unpaired) electrons. The van der Waals surface area contributed by atoms with Crippen molar-refractivity contribution in [2.24, 2.45) is 5.73 Å². The molecular weight excluding hydrogens is 272 g/mol. The molecule has 3 nitrogen and oxygen atoms in total. The van der Waals surface area contributed by atoms with Gasteiger partial charge in [-0.3, -0.25) is 4.79 Å². The number of hydrogen-bond acceptors (Lipinski definition) is 2. The van der Waals surface area contributed by atoms with Crippen LogP contribution in [-0.4, -0.2) is 11.9 Å². The number of carbonyl (C=O) groups excluding carboxylic acids is 1. The minimum atomic E-state index is -0.587. The summed E-state index contributed by atoms with van der Waals surface area (Å²) in [7, 11) is 0. The third-order valence-electron chi connectivity index (χ3n) is 3.16. The maximum atomic E-state index is 12.1. The van der Waals surface area contributed by atoms with E-state index in [1.807, 2.05) is 43.3 Å². The molecule has 2 rings (SSSR count). The minimum absolute atomic E-state index is 0.209. The summed E-state index contributed by atoms with van der Waals surface area (Å²) in [5, 5.41) is 3.45. The number of nitrogens with two attached hydrogens (primary N) is 1. The van der Waals surface area contributed by atoms with Crippen LogP contribution in [0.3, 0.4) is 0 Å². The van der Waals surface area contributed by atoms with Gasteiger partial charge in [-0.15, -0.1) is 0 Å². The van der Waals surface area contributed by atoms with Gasteiger partial charge in [0.05, 0.1) is 6.04 Å². The van der Waals surface area contributed by atoms with Crippen LogP contribution in [0.2, 0.25) is 5.02 Å². The standard InChI is InChI=1S/C16H17ClN2O/c1-11-13(17)8-5-9-15(11)19-16(20)14(18)10-12-6-3-2-4-7-12/h2-9,14H,10,18H2,1H3,(H,19,20)/t14-/m0/s1. The second-order valence-electron chi connectivity index (χ2n) is 4.70. The molecule has 4 heteroatoms. The maximum absolute atomic E-state index is 12.1. The fourth-order valence-corrected chi connectivity index (χ4v) is 2.10. The van der Waals surface area contributed by atoms with Crippen molar-refractivity contribution in [2.75, 3.05) is 5.32 Å². The zero-order chi connectivity index (χ0) is 14.5. The zero-order valence-electron chi connectivity index (χ0n) is 11.3. The number of nitrogens with one attached hydrogen (secondary N) is 1. The normalized spacial score (nSPS) is 11.9. The van der Waals surface area contributed by atoms with Crippen molar-refractivity contribution in [3.63, 3.8) is 0 Å². The molecule has 0 aliphatic heterocycles. The van der Waals surface area contributed by atoms with E-state index in [1.165, 1.54) is 0 Å². The molecule has 2 aromatic carbocycles. The number of halogens is 1. The summed E-state index contributed by atoms with van der Waals surface area (Å²) < 4.78 is 0. The quantitative estimate of drug-likeness (QED) is 0.908. The number of hydrogen-bond donors (Lipinski definition) is 2. The van der Waals surface area contributed by atoms with Crippen molar-refractivity contribution >= 4 is 23.2 Å². The van der Waals surface area contributed by atoms with Crippen LogP contribution in [0.4, 0.5) is 5.69 Å². The molecule has 0 bridgehead atoms. The third-order valence-corrected chi connectivity index (χ3v) is 3.57. The lowest BCUT2D eigenvalue weighted by Crippen LogP contribution is -2.37. The van der Waals surface area contributed by atoms with E-state index in [0.717, 1.165) is 11.1 Å². The predicted octanol–water partition coefficient (Wildman–Crippen LogP) is 3.16. The van der Waals surface area contributed by atoms with Crippen LogP contribution in [0.25, 0.3) is 0 Å². The monoisotopic (exact) mass is 288 g/mol. The van der Waals surface area contributed by atoms with Gasteiger partial charge in [-0.1, -0.05) is 48.0 Å². The second kappa shape index (κ2) is 6.55. The van der Waals surface area contributed by atoms with E-state index in [4.69, 9.17) is 17.3 Å². The molecule has 0 aliphatic carbocycles. The number of rotatable bonds is 4. The van der Waals surface area contributed by atoms with Crippen molar-refractivity contribution in [3.8, 4) is 0 Å². The Kier molecular flexibility index (Phi) is 4.77. The van der Waals surface area contributed by atoms with Crippen LogP contribution in [0.1, 0.15) is 11.1 Å². The largest absolute Gasteiger partial charge is 0.324 e. The van der Waals surface area contributed by atoms with Gasteiger partial charge < -0.3 is 11.1 Å². The van der Waals surface area contributed by atoms with Crippen molar-refractivity contribution in [3.05, 3.63) is 64.7 Å². The molecule has 0 heterocycles. The first-order chi connectivity index (χ1) is 9.58. The number of amides is 1. The topological polar surface area (TPSA) is 55.1 Å². The molecule has 0 spiro atoms. The molecule has 2 aromatic rings. The fourth-order valence-electron chi connectivity index (χ4n) is 1.93. The van der Waals surface area contributed by atoms with Crippen LogP contribution in [0.15, 0.2) is 48.5 Å². The van der Waals surface area contributed by atoms with E-state index < -0.39 is 6.04 Å². The minimum Gasteiger partial charge on any atom is -0.324 e. The molecule has 0 saturated carbocycles. The van der Waals surface area contributed by atoms with Crippen molar-refractivity contribution < 1.29 is 4.79 Å². The molecular formula is C16H17ClN2O. The molecule has 3 N–H and O–H groups in total. The first-order valence-electron chi connectivity index (χ1n) is 6.43. The lowest BCUT2D eigenvalue weighted by atomic mass is 10.1. The van der Waals surface area contributed by atoms with Crippen molar-refractivity contribution in [1.29, 1.82) is 0 Å². The van der Waals surface area contributed by atoms with Gasteiger partial charge in [0.2, 0.25) is 5.91 Å². The molecule has 0 aromatic heterocycles. The van der Waals surface area contributed by atoms with Gasteiger partial charge in [0.15, 0.2) is 0 Å². The van der Waals surface area contributed by atoms with E-state index in [2.05, 4.69) is 5.32 Å². The lowest BCUT2D eigenvalue weighted by molar-refractivity contribution is -0.117. The van der Waals surface area contributed by atoms with Gasteiger partial charge in [-0.25, -0.2) is 0 Å². The van der Waals surface area contributed by atoms with Crippen LogP contribution in [-0.2, 0) is 11.2 Å². The van der Waals surface area contributed by atoms with Gasteiger partial charge in [0.25, 0.3) is 0 Å². The summed E-state index contributed by atoms with van der Waals surface area (Å²) in [6.07, 6.45) is 0.506. The zero-order valence-corrected chi connectivity index (χ0v) is 12.0. The van der Waals surface area contributed by atoms with E-state index in [1.54, 1.807) is 12.1 Å². The van der Waals surface area contributed by atoms with Gasteiger partial charge >= 0.3 is 0 Å². The average Bonchev–Trinajstić information content (AvgIpc) is 2.45. The van der Waals surface area contributed by atoms with E-state index in [0.29, 0.717) is 17.1 Å². The average molecular weight is 289 g/mol. The van der Waals surface area contributed by atoms with Crippen LogP contribution >= 0.6 is 11.6 Å². The van der Waals surface area contributed by atoms with E-state index >= 15 is 0 Å². The second-order valence-corrected chi connectivity index (χ2v) is 5.11. The Morgan fingerprint density at radius 1 is 1.20 bits per heavy atom. The van der Waals surface area contributed by atoms with Crippen molar-refractivity contribution in [2.45, 2.75) is 19.4 Å². The summed E-state index contributed by atoms with van der Waals surface area (Å²) in [6.45, 7) is 1.86. The Morgan fingerprint density at radius 2 is 1.90 bits per heavy atom.